The van der Waals surface area contributed by atoms with Crippen LogP contribution in [0, 0.1) is 0 Å². The van der Waals surface area contributed by atoms with Crippen LogP contribution < -0.4 is 4.74 Å². The van der Waals surface area contributed by atoms with Crippen molar-refractivity contribution in [2.24, 2.45) is 0 Å². The molecule has 2 heterocycles. The van der Waals surface area contributed by atoms with E-state index in [1.54, 1.807) is 7.11 Å². The van der Waals surface area contributed by atoms with Crippen LogP contribution in [-0.4, -0.2) is 29.4 Å². The van der Waals surface area contributed by atoms with Crippen molar-refractivity contribution in [1.29, 1.82) is 0 Å². The zero-order chi connectivity index (χ0) is 19.7. The molecule has 5 heteroatoms. The summed E-state index contributed by atoms with van der Waals surface area (Å²) in [5.41, 5.74) is 3.57. The van der Waals surface area contributed by atoms with E-state index in [2.05, 4.69) is 18.8 Å². The Morgan fingerprint density at radius 2 is 1.89 bits per heavy atom. The summed E-state index contributed by atoms with van der Waals surface area (Å²) in [6, 6.07) is 15.6. The number of carbonyl (C=O) groups is 1. The fraction of sp³-hybridized carbons (Fsp3) is 0.304. The third-order valence-electron chi connectivity index (χ3n) is 5.04. The lowest BCUT2D eigenvalue weighted by atomic mass is 10.0. The minimum absolute atomic E-state index is 0.0180. The normalized spacial score (nSPS) is 13.5. The molecule has 0 saturated heterocycles. The summed E-state index contributed by atoms with van der Waals surface area (Å²) in [6.45, 7) is 5.25. The van der Waals surface area contributed by atoms with Crippen LogP contribution in [0.3, 0.4) is 0 Å². The molecular formula is C23H24N2O3. The highest BCUT2D eigenvalue weighted by molar-refractivity contribution is 5.95. The Hall–Kier alpha value is -3.08. The Morgan fingerprint density at radius 3 is 2.64 bits per heavy atom. The zero-order valence-corrected chi connectivity index (χ0v) is 16.4. The largest absolute Gasteiger partial charge is 0.497 e. The Morgan fingerprint density at radius 1 is 1.14 bits per heavy atom. The van der Waals surface area contributed by atoms with Gasteiger partial charge in [0.05, 0.1) is 13.7 Å². The van der Waals surface area contributed by atoms with E-state index in [1.165, 1.54) is 0 Å². The number of nitrogens with zero attached hydrogens (tertiary/aromatic N) is 2. The van der Waals surface area contributed by atoms with Gasteiger partial charge in [-0.1, -0.05) is 38.1 Å². The second-order valence-electron chi connectivity index (χ2n) is 7.37. The SMILES string of the molecule is COc1cccc(-c2cccc(C(=O)N3CCc4oc(C(C)C)nc4C3)c2)c1. The second-order valence-corrected chi connectivity index (χ2v) is 7.37. The lowest BCUT2D eigenvalue weighted by Crippen LogP contribution is -2.35. The van der Waals surface area contributed by atoms with Gasteiger partial charge in [0.15, 0.2) is 5.89 Å². The van der Waals surface area contributed by atoms with Gasteiger partial charge in [0, 0.05) is 24.4 Å². The number of aromatic nitrogens is 1. The summed E-state index contributed by atoms with van der Waals surface area (Å²) in [5.74, 6) is 2.72. The minimum Gasteiger partial charge on any atom is -0.497 e. The number of fused-ring (bicyclic) bond motifs is 1. The summed E-state index contributed by atoms with van der Waals surface area (Å²) < 4.78 is 11.1. The molecule has 1 aromatic heterocycles. The third-order valence-corrected chi connectivity index (χ3v) is 5.04. The molecule has 3 aromatic rings. The lowest BCUT2D eigenvalue weighted by Gasteiger charge is -2.25. The van der Waals surface area contributed by atoms with E-state index in [4.69, 9.17) is 9.15 Å². The van der Waals surface area contributed by atoms with Crippen molar-refractivity contribution in [1.82, 2.24) is 9.88 Å². The van der Waals surface area contributed by atoms with Crippen molar-refractivity contribution in [3.8, 4) is 16.9 Å². The smallest absolute Gasteiger partial charge is 0.254 e. The zero-order valence-electron chi connectivity index (χ0n) is 16.4. The quantitative estimate of drug-likeness (QED) is 0.664. The van der Waals surface area contributed by atoms with Crippen molar-refractivity contribution in [2.45, 2.75) is 32.7 Å². The van der Waals surface area contributed by atoms with Gasteiger partial charge in [-0.3, -0.25) is 4.79 Å². The van der Waals surface area contributed by atoms with Gasteiger partial charge in [-0.2, -0.15) is 0 Å². The van der Waals surface area contributed by atoms with E-state index in [1.807, 2.05) is 53.4 Å². The molecule has 0 bridgehead atoms. The average molecular weight is 376 g/mol. The maximum absolute atomic E-state index is 13.1. The van der Waals surface area contributed by atoms with Crippen molar-refractivity contribution in [2.75, 3.05) is 13.7 Å². The Bertz CT molecular complexity index is 1010. The number of oxazole rings is 1. The van der Waals surface area contributed by atoms with Crippen LogP contribution in [-0.2, 0) is 13.0 Å². The van der Waals surface area contributed by atoms with Crippen LogP contribution in [0.25, 0.3) is 11.1 Å². The number of methoxy groups -OCH3 is 1. The molecule has 144 valence electrons. The molecule has 0 N–H and O–H groups in total. The van der Waals surface area contributed by atoms with Gasteiger partial charge in [0.25, 0.3) is 5.91 Å². The Labute approximate surface area is 165 Å². The van der Waals surface area contributed by atoms with E-state index in [0.29, 0.717) is 25.1 Å². The van der Waals surface area contributed by atoms with Gasteiger partial charge in [-0.25, -0.2) is 4.98 Å². The number of ether oxygens (including phenoxy) is 1. The first-order chi connectivity index (χ1) is 13.5. The van der Waals surface area contributed by atoms with Crippen molar-refractivity contribution in [3.05, 3.63) is 71.4 Å². The molecule has 0 atom stereocenters. The van der Waals surface area contributed by atoms with Gasteiger partial charge in [-0.15, -0.1) is 0 Å². The third kappa shape index (κ3) is 3.52. The molecule has 5 nitrogen and oxygen atoms in total. The molecule has 0 radical (unpaired) electrons. The monoisotopic (exact) mass is 376 g/mol. The molecule has 1 amide bonds. The first-order valence-corrected chi connectivity index (χ1v) is 9.57. The van der Waals surface area contributed by atoms with Gasteiger partial charge in [0.2, 0.25) is 0 Å². The van der Waals surface area contributed by atoms with Gasteiger partial charge in [-0.05, 0) is 35.4 Å². The highest BCUT2D eigenvalue weighted by Crippen LogP contribution is 2.27. The molecule has 1 aliphatic rings. The number of carbonyl (C=O) groups excluding carboxylic acids is 1. The number of hydrogen-bond acceptors (Lipinski definition) is 4. The summed E-state index contributed by atoms with van der Waals surface area (Å²) in [6.07, 6.45) is 0.705. The molecule has 0 unspecified atom stereocenters. The number of amides is 1. The van der Waals surface area contributed by atoms with E-state index >= 15 is 0 Å². The fourth-order valence-electron chi connectivity index (χ4n) is 3.46. The summed E-state index contributed by atoms with van der Waals surface area (Å²) in [7, 11) is 1.65. The Balaban J connectivity index is 1.57. The van der Waals surface area contributed by atoms with Crippen LogP contribution in [0.5, 0.6) is 5.75 Å². The first kappa shape index (κ1) is 18.3. The molecule has 28 heavy (non-hydrogen) atoms. The van der Waals surface area contributed by atoms with Gasteiger partial charge >= 0.3 is 0 Å². The summed E-state index contributed by atoms with van der Waals surface area (Å²) >= 11 is 0. The number of rotatable bonds is 4. The van der Waals surface area contributed by atoms with Gasteiger partial charge in [0.1, 0.15) is 17.2 Å². The molecule has 4 rings (SSSR count). The minimum atomic E-state index is 0.0180. The van der Waals surface area contributed by atoms with E-state index in [-0.39, 0.29) is 11.8 Å². The van der Waals surface area contributed by atoms with Crippen LogP contribution in [0.2, 0.25) is 0 Å². The van der Waals surface area contributed by atoms with E-state index < -0.39 is 0 Å². The standard InChI is InChI=1S/C23H24N2O3/c1-15(2)22-24-20-14-25(11-10-21(20)28-22)23(26)18-8-4-6-16(12-18)17-7-5-9-19(13-17)27-3/h4-9,12-13,15H,10-11,14H2,1-3H3. The number of benzene rings is 2. The summed E-state index contributed by atoms with van der Waals surface area (Å²) in [4.78, 5) is 19.5. The lowest BCUT2D eigenvalue weighted by molar-refractivity contribution is 0.0728. The molecule has 0 aliphatic carbocycles. The van der Waals surface area contributed by atoms with Crippen molar-refractivity contribution < 1.29 is 13.9 Å². The van der Waals surface area contributed by atoms with E-state index in [0.717, 1.165) is 34.2 Å². The average Bonchev–Trinajstić information content (AvgIpc) is 3.17. The maximum atomic E-state index is 13.1. The maximum Gasteiger partial charge on any atom is 0.254 e. The molecule has 0 fully saturated rings. The Kier molecular flexibility index (Phi) is 4.90. The van der Waals surface area contributed by atoms with Crippen LogP contribution in [0.1, 0.15) is 47.5 Å². The molecule has 1 aliphatic heterocycles. The fourth-order valence-corrected chi connectivity index (χ4v) is 3.46. The van der Waals surface area contributed by atoms with Crippen molar-refractivity contribution in [3.63, 3.8) is 0 Å². The van der Waals surface area contributed by atoms with Gasteiger partial charge < -0.3 is 14.1 Å². The predicted molar refractivity (Wildman–Crippen MR) is 107 cm³/mol. The molecule has 0 spiro atoms. The topological polar surface area (TPSA) is 55.6 Å². The van der Waals surface area contributed by atoms with Crippen molar-refractivity contribution >= 4 is 5.91 Å². The number of hydrogen-bond donors (Lipinski definition) is 0. The van der Waals surface area contributed by atoms with E-state index in [9.17, 15) is 4.79 Å². The molecule has 0 saturated carbocycles. The second kappa shape index (κ2) is 7.50. The molecule has 2 aromatic carbocycles. The predicted octanol–water partition coefficient (Wildman–Crippen LogP) is 4.67. The van der Waals surface area contributed by atoms with Crippen LogP contribution in [0.15, 0.2) is 52.9 Å². The first-order valence-electron chi connectivity index (χ1n) is 9.57. The summed E-state index contributed by atoms with van der Waals surface area (Å²) in [5, 5.41) is 0. The molecular weight excluding hydrogens is 352 g/mol. The van der Waals surface area contributed by atoms with Crippen LogP contribution >= 0.6 is 0 Å². The highest BCUT2D eigenvalue weighted by Gasteiger charge is 2.26. The highest BCUT2D eigenvalue weighted by atomic mass is 16.5. The van der Waals surface area contributed by atoms with Crippen LogP contribution in [0.4, 0.5) is 0 Å².